The first-order valence-electron chi connectivity index (χ1n) is 8.61. The van der Waals surface area contributed by atoms with Gasteiger partial charge in [0.1, 0.15) is 11.3 Å². The van der Waals surface area contributed by atoms with Crippen LogP contribution in [0.15, 0.2) is 52.9 Å². The SMILES string of the molecule is Cc1nn(-c2nc3ccccc3o2)c2c1C(c1ccc(Cl)cc1)CC(=O)N2. The van der Waals surface area contributed by atoms with E-state index in [1.165, 1.54) is 0 Å². The lowest BCUT2D eigenvalue weighted by atomic mass is 9.86. The van der Waals surface area contributed by atoms with E-state index in [9.17, 15) is 4.79 Å². The van der Waals surface area contributed by atoms with Crippen molar-refractivity contribution >= 4 is 34.4 Å². The number of hydrogen-bond acceptors (Lipinski definition) is 4. The van der Waals surface area contributed by atoms with E-state index in [0.717, 1.165) is 22.3 Å². The summed E-state index contributed by atoms with van der Waals surface area (Å²) in [5, 5.41) is 8.21. The third-order valence-corrected chi connectivity index (χ3v) is 5.09. The van der Waals surface area contributed by atoms with E-state index in [-0.39, 0.29) is 11.8 Å². The Hall–Kier alpha value is -3.12. The highest BCUT2D eigenvalue weighted by Crippen LogP contribution is 2.40. The van der Waals surface area contributed by atoms with Crippen molar-refractivity contribution in [2.24, 2.45) is 0 Å². The van der Waals surface area contributed by atoms with E-state index in [1.807, 2.05) is 55.5 Å². The molecule has 4 aromatic rings. The highest BCUT2D eigenvalue weighted by Gasteiger charge is 2.33. The Morgan fingerprint density at radius 2 is 1.96 bits per heavy atom. The molecule has 134 valence electrons. The van der Waals surface area contributed by atoms with Crippen LogP contribution < -0.4 is 5.32 Å². The van der Waals surface area contributed by atoms with E-state index < -0.39 is 0 Å². The molecule has 7 heteroatoms. The Balaban J connectivity index is 1.67. The molecule has 0 saturated carbocycles. The average Bonchev–Trinajstić information content (AvgIpc) is 3.23. The van der Waals surface area contributed by atoms with Crippen molar-refractivity contribution in [3.8, 4) is 6.01 Å². The van der Waals surface area contributed by atoms with Crippen LogP contribution in [0.4, 0.5) is 5.82 Å². The Bertz CT molecular complexity index is 1140. The Morgan fingerprint density at radius 1 is 1.19 bits per heavy atom. The second-order valence-electron chi connectivity index (χ2n) is 6.58. The van der Waals surface area contributed by atoms with Crippen LogP contribution in [0.1, 0.15) is 29.2 Å². The number of para-hydroxylation sites is 2. The summed E-state index contributed by atoms with van der Waals surface area (Å²) in [4.78, 5) is 16.9. The summed E-state index contributed by atoms with van der Waals surface area (Å²) in [7, 11) is 0. The normalized spacial score (nSPS) is 16.4. The number of benzene rings is 2. The van der Waals surface area contributed by atoms with Gasteiger partial charge < -0.3 is 9.73 Å². The van der Waals surface area contributed by atoms with E-state index in [4.69, 9.17) is 16.0 Å². The van der Waals surface area contributed by atoms with Gasteiger partial charge in [0.25, 0.3) is 0 Å². The highest BCUT2D eigenvalue weighted by atomic mass is 35.5. The lowest BCUT2D eigenvalue weighted by Crippen LogP contribution is -2.25. The minimum absolute atomic E-state index is 0.0697. The van der Waals surface area contributed by atoms with Gasteiger partial charge in [-0.05, 0) is 36.8 Å². The zero-order valence-electron chi connectivity index (χ0n) is 14.4. The quantitative estimate of drug-likeness (QED) is 0.559. The Labute approximate surface area is 159 Å². The summed E-state index contributed by atoms with van der Waals surface area (Å²) in [6.07, 6.45) is 0.356. The molecular formula is C20H15ClN4O2. The molecule has 0 saturated heterocycles. The standard InChI is InChI=1S/C20H15ClN4O2/c1-11-18-14(12-6-8-13(21)9-7-12)10-17(26)23-19(18)25(24-11)20-22-15-4-2-3-5-16(15)27-20/h2-9,14H,10H2,1H3,(H,23,26). The minimum Gasteiger partial charge on any atom is -0.422 e. The minimum atomic E-state index is -0.0934. The summed E-state index contributed by atoms with van der Waals surface area (Å²) in [5.74, 6) is 0.444. The second kappa shape index (κ2) is 5.96. The van der Waals surface area contributed by atoms with Crippen LogP contribution in [-0.2, 0) is 4.79 Å². The van der Waals surface area contributed by atoms with Gasteiger partial charge in [-0.25, -0.2) is 0 Å². The van der Waals surface area contributed by atoms with Crippen LogP contribution in [0.3, 0.4) is 0 Å². The van der Waals surface area contributed by atoms with Crippen molar-refractivity contribution < 1.29 is 9.21 Å². The number of carbonyl (C=O) groups is 1. The van der Waals surface area contributed by atoms with Crippen LogP contribution in [0.25, 0.3) is 17.1 Å². The van der Waals surface area contributed by atoms with Crippen molar-refractivity contribution in [3.05, 3.63) is 70.4 Å². The number of aryl methyl sites for hydroxylation is 1. The maximum absolute atomic E-state index is 12.4. The van der Waals surface area contributed by atoms with E-state index in [2.05, 4.69) is 15.4 Å². The molecule has 0 bridgehead atoms. The van der Waals surface area contributed by atoms with Gasteiger partial charge in [-0.2, -0.15) is 14.8 Å². The zero-order valence-corrected chi connectivity index (χ0v) is 15.2. The first kappa shape index (κ1) is 16.1. The molecule has 1 unspecified atom stereocenters. The van der Waals surface area contributed by atoms with Gasteiger partial charge in [-0.3, -0.25) is 4.79 Å². The average molecular weight is 379 g/mol. The fourth-order valence-corrected chi connectivity index (χ4v) is 3.74. The number of nitrogens with one attached hydrogen (secondary N) is 1. The second-order valence-corrected chi connectivity index (χ2v) is 7.02. The van der Waals surface area contributed by atoms with Crippen molar-refractivity contribution in [1.29, 1.82) is 0 Å². The predicted molar refractivity (Wildman–Crippen MR) is 102 cm³/mol. The van der Waals surface area contributed by atoms with Gasteiger partial charge in [-0.1, -0.05) is 35.9 Å². The number of oxazole rings is 1. The van der Waals surface area contributed by atoms with Crippen molar-refractivity contribution in [1.82, 2.24) is 14.8 Å². The van der Waals surface area contributed by atoms with Crippen LogP contribution in [-0.4, -0.2) is 20.7 Å². The number of nitrogens with zero attached hydrogens (tertiary/aromatic N) is 3. The van der Waals surface area contributed by atoms with Crippen molar-refractivity contribution in [2.75, 3.05) is 5.32 Å². The molecule has 6 nitrogen and oxygen atoms in total. The largest absolute Gasteiger partial charge is 0.422 e. The number of hydrogen-bond donors (Lipinski definition) is 1. The molecule has 1 atom stereocenters. The van der Waals surface area contributed by atoms with Crippen LogP contribution in [0, 0.1) is 6.92 Å². The van der Waals surface area contributed by atoms with Crippen LogP contribution >= 0.6 is 11.6 Å². The van der Waals surface area contributed by atoms with Gasteiger partial charge in [0.2, 0.25) is 5.91 Å². The van der Waals surface area contributed by atoms with Gasteiger partial charge in [0, 0.05) is 22.9 Å². The predicted octanol–water partition coefficient (Wildman–Crippen LogP) is 4.45. The maximum atomic E-state index is 12.4. The summed E-state index contributed by atoms with van der Waals surface area (Å²) in [5.41, 5.74) is 4.23. The molecule has 1 amide bonds. The number of fused-ring (bicyclic) bond motifs is 2. The molecule has 0 radical (unpaired) electrons. The Morgan fingerprint density at radius 3 is 2.74 bits per heavy atom. The molecule has 27 heavy (non-hydrogen) atoms. The number of anilines is 1. The number of carbonyl (C=O) groups excluding carboxylic acids is 1. The Kier molecular flexibility index (Phi) is 3.55. The third-order valence-electron chi connectivity index (χ3n) is 4.84. The third kappa shape index (κ3) is 2.61. The lowest BCUT2D eigenvalue weighted by Gasteiger charge is -2.24. The zero-order chi connectivity index (χ0) is 18.5. The molecule has 2 aromatic heterocycles. The van der Waals surface area contributed by atoms with Crippen LogP contribution in [0.5, 0.6) is 0 Å². The van der Waals surface area contributed by atoms with Gasteiger partial charge in [0.15, 0.2) is 5.58 Å². The number of aromatic nitrogens is 3. The number of rotatable bonds is 2. The van der Waals surface area contributed by atoms with Crippen molar-refractivity contribution in [2.45, 2.75) is 19.3 Å². The molecule has 3 heterocycles. The van der Waals surface area contributed by atoms with Crippen molar-refractivity contribution in [3.63, 3.8) is 0 Å². The van der Waals surface area contributed by atoms with E-state index >= 15 is 0 Å². The van der Waals surface area contributed by atoms with Gasteiger partial charge in [-0.15, -0.1) is 0 Å². The van der Waals surface area contributed by atoms with Gasteiger partial charge >= 0.3 is 6.01 Å². The lowest BCUT2D eigenvalue weighted by molar-refractivity contribution is -0.116. The van der Waals surface area contributed by atoms with E-state index in [1.54, 1.807) is 4.68 Å². The molecule has 1 aliphatic heterocycles. The first-order chi connectivity index (χ1) is 13.1. The number of amides is 1. The van der Waals surface area contributed by atoms with Gasteiger partial charge in [0.05, 0.1) is 5.69 Å². The molecular weight excluding hydrogens is 364 g/mol. The maximum Gasteiger partial charge on any atom is 0.325 e. The molecule has 0 fully saturated rings. The molecule has 0 aliphatic carbocycles. The molecule has 5 rings (SSSR count). The topological polar surface area (TPSA) is 73.0 Å². The van der Waals surface area contributed by atoms with E-state index in [0.29, 0.717) is 28.9 Å². The first-order valence-corrected chi connectivity index (χ1v) is 8.99. The summed E-state index contributed by atoms with van der Waals surface area (Å²) in [6, 6.07) is 15.4. The monoisotopic (exact) mass is 378 g/mol. The fraction of sp³-hybridized carbons (Fsp3) is 0.150. The summed E-state index contributed by atoms with van der Waals surface area (Å²) < 4.78 is 7.42. The van der Waals surface area contributed by atoms with Crippen LogP contribution in [0.2, 0.25) is 5.02 Å². The number of halogens is 1. The summed E-state index contributed by atoms with van der Waals surface area (Å²) in [6.45, 7) is 1.93. The highest BCUT2D eigenvalue weighted by molar-refractivity contribution is 6.30. The summed E-state index contributed by atoms with van der Waals surface area (Å²) >= 11 is 6.02. The molecule has 2 aromatic carbocycles. The molecule has 0 spiro atoms. The molecule has 1 aliphatic rings. The molecule has 1 N–H and O–H groups in total. The fourth-order valence-electron chi connectivity index (χ4n) is 3.62. The smallest absolute Gasteiger partial charge is 0.325 e.